The molecule has 7 nitrogen and oxygen atoms in total. The smallest absolute Gasteiger partial charge is 0.230 e. The zero-order valence-electron chi connectivity index (χ0n) is 6.15. The Morgan fingerprint density at radius 2 is 1.83 bits per heavy atom. The maximum atomic E-state index is 8.22. The summed E-state index contributed by atoms with van der Waals surface area (Å²) in [6, 6.07) is 1.86. The summed E-state index contributed by atoms with van der Waals surface area (Å²) < 4.78 is 0. The van der Waals surface area contributed by atoms with Crippen LogP contribution >= 0.6 is 0 Å². The Kier molecular flexibility index (Phi) is 2.23. The van der Waals surface area contributed by atoms with E-state index in [0.717, 1.165) is 0 Å². The number of hydrogen-bond acceptors (Lipinski definition) is 7. The Hall–Kier alpha value is -2.10. The highest BCUT2D eigenvalue weighted by molar-refractivity contribution is 5.37. The van der Waals surface area contributed by atoms with E-state index in [0.29, 0.717) is 0 Å². The number of nitrogens with two attached hydrogens (primary N) is 2. The van der Waals surface area contributed by atoms with Crippen LogP contribution in [-0.4, -0.2) is 21.5 Å². The fourth-order valence-electron chi connectivity index (χ4n) is 0.607. The molecule has 0 aliphatic heterocycles. The summed E-state index contributed by atoms with van der Waals surface area (Å²) in [5, 5.41) is 10.8. The van der Waals surface area contributed by atoms with E-state index in [1.54, 1.807) is 0 Å². The highest BCUT2D eigenvalue weighted by atomic mass is 15.2. The summed E-state index contributed by atoms with van der Waals surface area (Å²) >= 11 is 0. The van der Waals surface area contributed by atoms with Crippen LogP contribution in [0.2, 0.25) is 0 Å². The molecule has 0 aliphatic rings. The second-order valence-electron chi connectivity index (χ2n) is 1.89. The first-order valence-corrected chi connectivity index (χ1v) is 3.10. The lowest BCUT2D eigenvalue weighted by molar-refractivity contribution is 1.06. The van der Waals surface area contributed by atoms with Crippen LogP contribution in [0, 0.1) is 11.3 Å². The van der Waals surface area contributed by atoms with Crippen LogP contribution in [0.1, 0.15) is 0 Å². The molecule has 0 bridgehead atoms. The largest absolute Gasteiger partial charge is 0.368 e. The molecule has 0 unspecified atom stereocenters. The Balaban J connectivity index is 2.80. The van der Waals surface area contributed by atoms with E-state index in [-0.39, 0.29) is 24.4 Å². The molecule has 0 aliphatic carbocycles. The van der Waals surface area contributed by atoms with E-state index in [4.69, 9.17) is 16.7 Å². The summed E-state index contributed by atoms with van der Waals surface area (Å²) in [7, 11) is 0. The van der Waals surface area contributed by atoms with E-state index in [2.05, 4.69) is 20.3 Å². The second kappa shape index (κ2) is 3.34. The quantitative estimate of drug-likeness (QED) is 0.478. The van der Waals surface area contributed by atoms with Crippen molar-refractivity contribution in [3.05, 3.63) is 0 Å². The molecule has 0 radical (unpaired) electrons. The molecule has 0 aromatic carbocycles. The van der Waals surface area contributed by atoms with Crippen molar-refractivity contribution in [2.24, 2.45) is 0 Å². The van der Waals surface area contributed by atoms with Crippen molar-refractivity contribution in [2.75, 3.05) is 23.3 Å². The predicted molar refractivity (Wildman–Crippen MR) is 42.8 cm³/mol. The lowest BCUT2D eigenvalue weighted by atomic mass is 10.7. The van der Waals surface area contributed by atoms with Crippen molar-refractivity contribution >= 4 is 17.8 Å². The molecule has 1 aromatic heterocycles. The molecule has 0 atom stereocenters. The fraction of sp³-hybridized carbons (Fsp3) is 0.200. The second-order valence-corrected chi connectivity index (χ2v) is 1.89. The molecular weight excluding hydrogens is 158 g/mol. The molecule has 0 spiro atoms. The third-order valence-corrected chi connectivity index (χ3v) is 0.996. The van der Waals surface area contributed by atoms with Crippen LogP contribution in [0.15, 0.2) is 0 Å². The highest BCUT2D eigenvalue weighted by Gasteiger charge is 1.98. The lowest BCUT2D eigenvalue weighted by Crippen LogP contribution is -2.09. The number of aromatic nitrogens is 3. The van der Waals surface area contributed by atoms with Gasteiger partial charge in [0.2, 0.25) is 17.8 Å². The van der Waals surface area contributed by atoms with Gasteiger partial charge in [0.25, 0.3) is 0 Å². The van der Waals surface area contributed by atoms with Crippen molar-refractivity contribution < 1.29 is 0 Å². The Morgan fingerprint density at radius 3 is 2.33 bits per heavy atom. The fourth-order valence-corrected chi connectivity index (χ4v) is 0.607. The van der Waals surface area contributed by atoms with Gasteiger partial charge in [0.05, 0.1) is 6.07 Å². The van der Waals surface area contributed by atoms with Crippen molar-refractivity contribution in [1.29, 1.82) is 5.26 Å². The van der Waals surface area contributed by atoms with Crippen molar-refractivity contribution in [1.82, 2.24) is 15.0 Å². The monoisotopic (exact) mass is 165 g/mol. The first-order chi connectivity index (χ1) is 5.72. The molecule has 5 N–H and O–H groups in total. The molecule has 0 amide bonds. The highest BCUT2D eigenvalue weighted by Crippen LogP contribution is 2.01. The molecule has 7 heteroatoms. The van der Waals surface area contributed by atoms with Gasteiger partial charge in [-0.05, 0) is 0 Å². The molecule has 12 heavy (non-hydrogen) atoms. The van der Waals surface area contributed by atoms with Crippen molar-refractivity contribution in [3.63, 3.8) is 0 Å². The van der Waals surface area contributed by atoms with Gasteiger partial charge in [-0.25, -0.2) is 0 Å². The average Bonchev–Trinajstić information content (AvgIpc) is 1.99. The molecular formula is C5H7N7. The number of hydrogen-bond donors (Lipinski definition) is 3. The van der Waals surface area contributed by atoms with Crippen LogP contribution in [0.25, 0.3) is 0 Å². The van der Waals surface area contributed by atoms with Gasteiger partial charge in [-0.15, -0.1) is 0 Å². The molecule has 0 fully saturated rings. The molecule has 1 heterocycles. The standard InChI is InChI=1S/C5H7N7/c6-1-2-9-5-11-3(7)10-4(8)12-5/h2H2,(H5,7,8,9,10,11,12). The van der Waals surface area contributed by atoms with Crippen molar-refractivity contribution in [2.45, 2.75) is 0 Å². The minimum absolute atomic E-state index is 0.0305. The Bertz CT molecular complexity index is 294. The van der Waals surface area contributed by atoms with E-state index in [1.807, 2.05) is 6.07 Å². The number of nitriles is 1. The first kappa shape index (κ1) is 8.00. The van der Waals surface area contributed by atoms with E-state index in [9.17, 15) is 0 Å². The normalized spacial score (nSPS) is 8.92. The van der Waals surface area contributed by atoms with E-state index < -0.39 is 0 Å². The average molecular weight is 165 g/mol. The third kappa shape index (κ3) is 1.95. The van der Waals surface area contributed by atoms with Crippen molar-refractivity contribution in [3.8, 4) is 6.07 Å². The SMILES string of the molecule is N#CCNc1nc(N)nc(N)n1. The first-order valence-electron chi connectivity index (χ1n) is 3.10. The molecule has 62 valence electrons. The molecule has 0 saturated carbocycles. The van der Waals surface area contributed by atoms with Crippen LogP contribution in [0.5, 0.6) is 0 Å². The number of rotatable bonds is 2. The van der Waals surface area contributed by atoms with Gasteiger partial charge in [-0.3, -0.25) is 0 Å². The minimum atomic E-state index is 0.0305. The van der Waals surface area contributed by atoms with Gasteiger partial charge < -0.3 is 16.8 Å². The van der Waals surface area contributed by atoms with Gasteiger partial charge in [-0.2, -0.15) is 20.2 Å². The van der Waals surface area contributed by atoms with E-state index in [1.165, 1.54) is 0 Å². The van der Waals surface area contributed by atoms with Crippen LogP contribution < -0.4 is 16.8 Å². The lowest BCUT2D eigenvalue weighted by Gasteiger charge is -2.00. The number of nitrogens with zero attached hydrogens (tertiary/aromatic N) is 4. The van der Waals surface area contributed by atoms with Crippen LogP contribution in [-0.2, 0) is 0 Å². The number of nitrogens with one attached hydrogen (secondary N) is 1. The van der Waals surface area contributed by atoms with Gasteiger partial charge in [0.15, 0.2) is 0 Å². The van der Waals surface area contributed by atoms with Crippen LogP contribution in [0.3, 0.4) is 0 Å². The zero-order valence-corrected chi connectivity index (χ0v) is 6.15. The summed E-state index contributed by atoms with van der Waals surface area (Å²) in [5.41, 5.74) is 10.5. The van der Waals surface area contributed by atoms with E-state index >= 15 is 0 Å². The number of anilines is 3. The van der Waals surface area contributed by atoms with Gasteiger partial charge in [-0.1, -0.05) is 0 Å². The molecule has 1 rings (SSSR count). The summed E-state index contributed by atoms with van der Waals surface area (Å²) in [6.45, 7) is 0.100. The van der Waals surface area contributed by atoms with Gasteiger partial charge in [0.1, 0.15) is 6.54 Å². The topological polar surface area (TPSA) is 127 Å². The third-order valence-electron chi connectivity index (χ3n) is 0.996. The molecule has 0 saturated heterocycles. The van der Waals surface area contributed by atoms with Gasteiger partial charge >= 0.3 is 0 Å². The molecule has 1 aromatic rings. The summed E-state index contributed by atoms with van der Waals surface area (Å²) in [6.07, 6.45) is 0. The minimum Gasteiger partial charge on any atom is -0.368 e. The Morgan fingerprint density at radius 1 is 1.25 bits per heavy atom. The Labute approximate surface area is 68.4 Å². The zero-order chi connectivity index (χ0) is 8.97. The number of nitrogen functional groups attached to an aromatic ring is 2. The predicted octanol–water partition coefficient (Wildman–Crippen LogP) is -1.03. The van der Waals surface area contributed by atoms with Crippen LogP contribution in [0.4, 0.5) is 17.8 Å². The summed E-state index contributed by atoms with van der Waals surface area (Å²) in [5.74, 6) is 0.271. The maximum absolute atomic E-state index is 8.22. The summed E-state index contributed by atoms with van der Waals surface area (Å²) in [4.78, 5) is 10.9. The maximum Gasteiger partial charge on any atom is 0.230 e. The van der Waals surface area contributed by atoms with Gasteiger partial charge in [0, 0.05) is 0 Å².